The van der Waals surface area contributed by atoms with Crippen molar-refractivity contribution in [2.75, 3.05) is 13.2 Å². The maximum atomic E-state index is 6.35. The van der Waals surface area contributed by atoms with Gasteiger partial charge in [0.05, 0.1) is 12.6 Å². The van der Waals surface area contributed by atoms with Crippen molar-refractivity contribution in [3.63, 3.8) is 0 Å². The summed E-state index contributed by atoms with van der Waals surface area (Å²) >= 11 is 12.5. The molecule has 1 N–H and O–H groups in total. The summed E-state index contributed by atoms with van der Waals surface area (Å²) in [7, 11) is 0. The molecule has 110 valence electrons. The number of benzene rings is 2. The Morgan fingerprint density at radius 3 is 2.81 bits per heavy atom. The minimum absolute atomic E-state index is 0.0793. The summed E-state index contributed by atoms with van der Waals surface area (Å²) < 4.78 is 5.59. The van der Waals surface area contributed by atoms with Gasteiger partial charge in [-0.05, 0) is 60.4 Å². The second-order valence-electron chi connectivity index (χ2n) is 5.10. The van der Waals surface area contributed by atoms with Gasteiger partial charge < -0.3 is 10.1 Å². The van der Waals surface area contributed by atoms with E-state index >= 15 is 0 Å². The fourth-order valence-electron chi connectivity index (χ4n) is 2.81. The van der Waals surface area contributed by atoms with Crippen LogP contribution >= 0.6 is 23.2 Å². The van der Waals surface area contributed by atoms with Crippen LogP contribution < -0.4 is 10.1 Å². The molecule has 1 heterocycles. The van der Waals surface area contributed by atoms with Crippen molar-refractivity contribution < 1.29 is 4.74 Å². The van der Waals surface area contributed by atoms with Crippen molar-refractivity contribution in [1.29, 1.82) is 0 Å². The van der Waals surface area contributed by atoms with Crippen molar-refractivity contribution >= 4 is 23.2 Å². The third-order valence-corrected chi connectivity index (χ3v) is 4.33. The highest BCUT2D eigenvalue weighted by molar-refractivity contribution is 6.33. The summed E-state index contributed by atoms with van der Waals surface area (Å²) in [6.45, 7) is 3.59. The normalized spacial score (nSPS) is 17.4. The highest BCUT2D eigenvalue weighted by atomic mass is 35.5. The van der Waals surface area contributed by atoms with E-state index in [0.29, 0.717) is 11.6 Å². The molecule has 1 atom stereocenters. The van der Waals surface area contributed by atoms with E-state index in [2.05, 4.69) is 17.4 Å². The first-order chi connectivity index (χ1) is 10.2. The highest BCUT2D eigenvalue weighted by Gasteiger charge is 2.23. The molecule has 1 aliphatic rings. The summed E-state index contributed by atoms with van der Waals surface area (Å²) in [5.41, 5.74) is 3.57. The average molecular weight is 322 g/mol. The highest BCUT2D eigenvalue weighted by Crippen LogP contribution is 2.35. The molecule has 0 aromatic heterocycles. The van der Waals surface area contributed by atoms with Crippen LogP contribution in [0.1, 0.15) is 29.7 Å². The first-order valence-corrected chi connectivity index (χ1v) is 7.88. The fraction of sp³-hybridized carbons (Fsp3) is 0.294. The largest absolute Gasteiger partial charge is 0.494 e. The fourth-order valence-corrected chi connectivity index (χ4v) is 3.22. The molecule has 0 bridgehead atoms. The third-order valence-electron chi connectivity index (χ3n) is 3.75. The summed E-state index contributed by atoms with van der Waals surface area (Å²) in [5.74, 6) is 0.925. The number of hydrogen-bond acceptors (Lipinski definition) is 2. The van der Waals surface area contributed by atoms with Crippen molar-refractivity contribution in [3.8, 4) is 5.75 Å². The number of hydrogen-bond donors (Lipinski definition) is 1. The Hall–Kier alpha value is -1.22. The average Bonchev–Trinajstić information content (AvgIpc) is 2.49. The van der Waals surface area contributed by atoms with Crippen LogP contribution in [0.15, 0.2) is 36.4 Å². The molecule has 0 amide bonds. The molecule has 2 aromatic carbocycles. The van der Waals surface area contributed by atoms with Crippen LogP contribution in [0.5, 0.6) is 5.75 Å². The number of halogens is 2. The molecule has 2 nitrogen and oxygen atoms in total. The second-order valence-corrected chi connectivity index (χ2v) is 5.94. The number of fused-ring (bicyclic) bond motifs is 1. The van der Waals surface area contributed by atoms with E-state index in [1.807, 2.05) is 31.2 Å². The van der Waals surface area contributed by atoms with Gasteiger partial charge in [0.1, 0.15) is 5.75 Å². The molecule has 0 radical (unpaired) electrons. The zero-order valence-electron chi connectivity index (χ0n) is 11.8. The van der Waals surface area contributed by atoms with Gasteiger partial charge >= 0.3 is 0 Å². The van der Waals surface area contributed by atoms with Crippen molar-refractivity contribution in [1.82, 2.24) is 5.32 Å². The lowest BCUT2D eigenvalue weighted by Crippen LogP contribution is -2.30. The van der Waals surface area contributed by atoms with Crippen LogP contribution in [0, 0.1) is 0 Å². The van der Waals surface area contributed by atoms with Gasteiger partial charge in [-0.15, -0.1) is 0 Å². The van der Waals surface area contributed by atoms with Crippen LogP contribution in [0.2, 0.25) is 10.0 Å². The Morgan fingerprint density at radius 1 is 1.14 bits per heavy atom. The molecule has 0 saturated heterocycles. The topological polar surface area (TPSA) is 21.3 Å². The van der Waals surface area contributed by atoms with Crippen LogP contribution in [0.4, 0.5) is 0 Å². The Balaban J connectivity index is 2.02. The van der Waals surface area contributed by atoms with E-state index in [4.69, 9.17) is 27.9 Å². The SMILES string of the molecule is CCOc1ccc2c(c1)CCNC2c1cc(Cl)ccc1Cl. The molecule has 1 unspecified atom stereocenters. The van der Waals surface area contributed by atoms with E-state index in [-0.39, 0.29) is 6.04 Å². The standard InChI is InChI=1S/C17H17Cl2NO/c1-2-21-13-4-5-14-11(9-13)7-8-20-17(14)15-10-12(18)3-6-16(15)19/h3-6,9-10,17,20H,2,7-8H2,1H3. The summed E-state index contributed by atoms with van der Waals surface area (Å²) in [6, 6.07) is 11.9. The molecule has 4 heteroatoms. The van der Waals surface area contributed by atoms with Crippen molar-refractivity contribution in [2.24, 2.45) is 0 Å². The minimum atomic E-state index is 0.0793. The van der Waals surface area contributed by atoms with Gasteiger partial charge in [0.2, 0.25) is 0 Å². The quantitative estimate of drug-likeness (QED) is 0.890. The Bertz CT molecular complexity index is 657. The summed E-state index contributed by atoms with van der Waals surface area (Å²) in [4.78, 5) is 0. The zero-order chi connectivity index (χ0) is 14.8. The van der Waals surface area contributed by atoms with Crippen molar-refractivity contribution in [2.45, 2.75) is 19.4 Å². The molecule has 0 saturated carbocycles. The Kier molecular flexibility index (Phi) is 4.39. The molecule has 2 aromatic rings. The second kappa shape index (κ2) is 6.27. The lowest BCUT2D eigenvalue weighted by atomic mass is 9.89. The Morgan fingerprint density at radius 2 is 2.00 bits per heavy atom. The van der Waals surface area contributed by atoms with Gasteiger partial charge in [0.25, 0.3) is 0 Å². The van der Waals surface area contributed by atoms with Crippen LogP contribution in [-0.2, 0) is 6.42 Å². The van der Waals surface area contributed by atoms with E-state index < -0.39 is 0 Å². The van der Waals surface area contributed by atoms with E-state index in [9.17, 15) is 0 Å². The number of ether oxygens (including phenoxy) is 1. The van der Waals surface area contributed by atoms with Gasteiger partial charge in [-0.25, -0.2) is 0 Å². The number of nitrogens with one attached hydrogen (secondary N) is 1. The molecule has 0 spiro atoms. The van der Waals surface area contributed by atoms with Crippen LogP contribution in [-0.4, -0.2) is 13.2 Å². The van der Waals surface area contributed by atoms with Gasteiger partial charge in [-0.3, -0.25) is 0 Å². The van der Waals surface area contributed by atoms with Gasteiger partial charge in [0, 0.05) is 16.6 Å². The lowest BCUT2D eigenvalue weighted by molar-refractivity contribution is 0.339. The van der Waals surface area contributed by atoms with E-state index in [1.165, 1.54) is 11.1 Å². The van der Waals surface area contributed by atoms with E-state index in [0.717, 1.165) is 29.3 Å². The molecular formula is C17H17Cl2NO. The molecule has 1 aliphatic heterocycles. The predicted octanol–water partition coefficient (Wildman–Crippen LogP) is 4.63. The zero-order valence-corrected chi connectivity index (χ0v) is 13.3. The van der Waals surface area contributed by atoms with Crippen molar-refractivity contribution in [3.05, 3.63) is 63.1 Å². The first-order valence-electron chi connectivity index (χ1n) is 7.13. The maximum absolute atomic E-state index is 6.35. The van der Waals surface area contributed by atoms with Gasteiger partial charge in [-0.2, -0.15) is 0 Å². The smallest absolute Gasteiger partial charge is 0.119 e. The summed E-state index contributed by atoms with van der Waals surface area (Å²) in [5, 5.41) is 4.97. The van der Waals surface area contributed by atoms with Crippen LogP contribution in [0.25, 0.3) is 0 Å². The minimum Gasteiger partial charge on any atom is -0.494 e. The van der Waals surface area contributed by atoms with E-state index in [1.54, 1.807) is 0 Å². The monoisotopic (exact) mass is 321 g/mol. The number of rotatable bonds is 3. The molecular weight excluding hydrogens is 305 g/mol. The van der Waals surface area contributed by atoms with Gasteiger partial charge in [0.15, 0.2) is 0 Å². The predicted molar refractivity (Wildman–Crippen MR) is 87.6 cm³/mol. The van der Waals surface area contributed by atoms with Gasteiger partial charge in [-0.1, -0.05) is 29.3 Å². The first kappa shape index (κ1) is 14.7. The lowest BCUT2D eigenvalue weighted by Gasteiger charge is -2.28. The molecule has 21 heavy (non-hydrogen) atoms. The summed E-state index contributed by atoms with van der Waals surface area (Å²) in [6.07, 6.45) is 0.991. The maximum Gasteiger partial charge on any atom is 0.119 e. The molecule has 0 aliphatic carbocycles. The Labute approximate surface area is 135 Å². The van der Waals surface area contributed by atoms with Crippen LogP contribution in [0.3, 0.4) is 0 Å². The third kappa shape index (κ3) is 3.03. The molecule has 0 fully saturated rings. The molecule has 3 rings (SSSR count).